The Hall–Kier alpha value is -1.87. The van der Waals surface area contributed by atoms with E-state index in [0.29, 0.717) is 11.6 Å². The third-order valence-electron chi connectivity index (χ3n) is 3.43. The van der Waals surface area contributed by atoms with Gasteiger partial charge in [0.1, 0.15) is 12.4 Å². The molecule has 2 aromatic rings. The van der Waals surface area contributed by atoms with Gasteiger partial charge in [-0.25, -0.2) is 0 Å². The summed E-state index contributed by atoms with van der Waals surface area (Å²) < 4.78 is 5.83. The normalized spacial score (nSPS) is 10.3. The summed E-state index contributed by atoms with van der Waals surface area (Å²) in [5.41, 5.74) is 9.29. The molecule has 2 rings (SSSR count). The van der Waals surface area contributed by atoms with Crippen LogP contribution in [0.25, 0.3) is 0 Å². The van der Waals surface area contributed by atoms with Gasteiger partial charge in [-0.3, -0.25) is 0 Å². The van der Waals surface area contributed by atoms with Crippen LogP contribution < -0.4 is 10.5 Å². The second-order valence-corrected chi connectivity index (χ2v) is 5.71. The molecule has 0 aliphatic rings. The highest BCUT2D eigenvalue weighted by atomic mass is 32.1. The lowest BCUT2D eigenvalue weighted by Crippen LogP contribution is -2.07. The van der Waals surface area contributed by atoms with Crippen LogP contribution in [0.3, 0.4) is 0 Å². The summed E-state index contributed by atoms with van der Waals surface area (Å²) >= 11 is 4.90. The van der Waals surface area contributed by atoms with Gasteiger partial charge in [-0.1, -0.05) is 48.6 Å². The molecule has 0 aliphatic carbocycles. The fraction of sp³-hybridized carbons (Fsp3) is 0.278. The molecule has 0 aliphatic heterocycles. The van der Waals surface area contributed by atoms with E-state index in [1.165, 1.54) is 16.7 Å². The Kier molecular flexibility index (Phi) is 5.76. The fourth-order valence-electron chi connectivity index (χ4n) is 2.23. The lowest BCUT2D eigenvalue weighted by molar-refractivity contribution is 0.306. The number of ether oxygens (including phenoxy) is 1. The summed E-state index contributed by atoms with van der Waals surface area (Å²) in [6, 6.07) is 16.5. The van der Waals surface area contributed by atoms with Gasteiger partial charge in [0.05, 0.1) is 4.99 Å². The summed E-state index contributed by atoms with van der Waals surface area (Å²) in [6.07, 6.45) is 2.81. The minimum absolute atomic E-state index is 0.593. The molecule has 0 radical (unpaired) electrons. The van der Waals surface area contributed by atoms with Crippen LogP contribution in [-0.4, -0.2) is 4.99 Å². The van der Waals surface area contributed by atoms with Crippen LogP contribution >= 0.6 is 12.2 Å². The largest absolute Gasteiger partial charge is 0.489 e. The van der Waals surface area contributed by atoms with Gasteiger partial charge in [-0.2, -0.15) is 0 Å². The standard InChI is InChI=1S/C18H21NOS/c1-14-12-17(20-13-15-6-3-2-4-7-15)11-10-16(14)8-5-9-18(19)21/h2-4,6-7,10-12H,5,8-9,13H2,1H3,(H2,19,21). The topological polar surface area (TPSA) is 35.2 Å². The van der Waals surface area contributed by atoms with Crippen molar-refractivity contribution in [1.82, 2.24) is 0 Å². The summed E-state index contributed by atoms with van der Waals surface area (Å²) in [4.78, 5) is 0.593. The van der Waals surface area contributed by atoms with Crippen LogP contribution in [0.1, 0.15) is 29.5 Å². The van der Waals surface area contributed by atoms with Crippen molar-refractivity contribution in [1.29, 1.82) is 0 Å². The molecule has 0 heterocycles. The molecule has 0 fully saturated rings. The Labute approximate surface area is 131 Å². The number of nitrogens with two attached hydrogens (primary N) is 1. The number of rotatable bonds is 7. The van der Waals surface area contributed by atoms with E-state index in [1.807, 2.05) is 24.3 Å². The van der Waals surface area contributed by atoms with Crippen LogP contribution in [0.2, 0.25) is 0 Å². The van der Waals surface area contributed by atoms with Crippen LogP contribution in [-0.2, 0) is 13.0 Å². The molecule has 21 heavy (non-hydrogen) atoms. The molecule has 0 saturated carbocycles. The number of aryl methyl sites for hydroxylation is 2. The van der Waals surface area contributed by atoms with E-state index in [1.54, 1.807) is 0 Å². The Morgan fingerprint density at radius 1 is 1.14 bits per heavy atom. The van der Waals surface area contributed by atoms with Crippen LogP contribution in [0.15, 0.2) is 48.5 Å². The summed E-state index contributed by atoms with van der Waals surface area (Å²) in [5, 5.41) is 0. The lowest BCUT2D eigenvalue weighted by Gasteiger charge is -2.10. The average Bonchev–Trinajstić information content (AvgIpc) is 2.48. The van der Waals surface area contributed by atoms with Crippen LogP contribution in [0, 0.1) is 6.92 Å². The van der Waals surface area contributed by atoms with Crippen molar-refractivity contribution >= 4 is 17.2 Å². The van der Waals surface area contributed by atoms with E-state index >= 15 is 0 Å². The van der Waals surface area contributed by atoms with E-state index < -0.39 is 0 Å². The number of hydrogen-bond donors (Lipinski definition) is 1. The number of hydrogen-bond acceptors (Lipinski definition) is 2. The van der Waals surface area contributed by atoms with Crippen molar-refractivity contribution in [3.05, 3.63) is 65.2 Å². The molecular formula is C18H21NOS. The predicted octanol–water partition coefficient (Wildman–Crippen LogP) is 4.18. The number of thiocarbonyl (C=S) groups is 1. The number of benzene rings is 2. The molecule has 0 atom stereocenters. The van der Waals surface area contributed by atoms with Crippen molar-refractivity contribution < 1.29 is 4.74 Å². The second kappa shape index (κ2) is 7.79. The zero-order valence-electron chi connectivity index (χ0n) is 12.3. The smallest absolute Gasteiger partial charge is 0.120 e. The zero-order chi connectivity index (χ0) is 15.1. The molecule has 2 aromatic carbocycles. The van der Waals surface area contributed by atoms with E-state index in [0.717, 1.165) is 25.0 Å². The van der Waals surface area contributed by atoms with E-state index in [2.05, 4.69) is 31.2 Å². The molecule has 110 valence electrons. The monoisotopic (exact) mass is 299 g/mol. The molecule has 0 bridgehead atoms. The van der Waals surface area contributed by atoms with Gasteiger partial charge >= 0.3 is 0 Å². The van der Waals surface area contributed by atoms with Gasteiger partial charge in [0, 0.05) is 0 Å². The molecule has 0 aromatic heterocycles. The van der Waals surface area contributed by atoms with Crippen molar-refractivity contribution in [3.63, 3.8) is 0 Å². The van der Waals surface area contributed by atoms with Crippen molar-refractivity contribution in [2.75, 3.05) is 0 Å². The maximum atomic E-state index is 5.83. The molecule has 0 saturated heterocycles. The maximum absolute atomic E-state index is 5.83. The lowest BCUT2D eigenvalue weighted by atomic mass is 10.0. The molecular weight excluding hydrogens is 278 g/mol. The van der Waals surface area contributed by atoms with Gasteiger partial charge in [0.15, 0.2) is 0 Å². The Morgan fingerprint density at radius 3 is 2.57 bits per heavy atom. The van der Waals surface area contributed by atoms with E-state index in [-0.39, 0.29) is 0 Å². The van der Waals surface area contributed by atoms with Crippen molar-refractivity contribution in [2.24, 2.45) is 5.73 Å². The molecule has 2 N–H and O–H groups in total. The maximum Gasteiger partial charge on any atom is 0.120 e. The fourth-order valence-corrected chi connectivity index (χ4v) is 2.38. The predicted molar refractivity (Wildman–Crippen MR) is 91.7 cm³/mol. The van der Waals surface area contributed by atoms with E-state index in [4.69, 9.17) is 22.7 Å². The van der Waals surface area contributed by atoms with Gasteiger partial charge < -0.3 is 10.5 Å². The van der Waals surface area contributed by atoms with Gasteiger partial charge in [0.25, 0.3) is 0 Å². The van der Waals surface area contributed by atoms with Crippen LogP contribution in [0.5, 0.6) is 5.75 Å². The van der Waals surface area contributed by atoms with Crippen molar-refractivity contribution in [2.45, 2.75) is 32.8 Å². The average molecular weight is 299 g/mol. The third-order valence-corrected chi connectivity index (χ3v) is 3.64. The zero-order valence-corrected chi connectivity index (χ0v) is 13.2. The third kappa shape index (κ3) is 5.20. The summed E-state index contributed by atoms with van der Waals surface area (Å²) in [7, 11) is 0. The van der Waals surface area contributed by atoms with Gasteiger partial charge in [-0.05, 0) is 55.0 Å². The first kappa shape index (κ1) is 15.5. The minimum atomic E-state index is 0.593. The SMILES string of the molecule is Cc1cc(OCc2ccccc2)ccc1CCCC(N)=S. The van der Waals surface area contributed by atoms with Gasteiger partial charge in [-0.15, -0.1) is 0 Å². The Balaban J connectivity index is 1.91. The Bertz CT molecular complexity index is 595. The molecule has 2 nitrogen and oxygen atoms in total. The molecule has 3 heteroatoms. The first-order chi connectivity index (χ1) is 10.1. The van der Waals surface area contributed by atoms with Crippen LogP contribution in [0.4, 0.5) is 0 Å². The first-order valence-corrected chi connectivity index (χ1v) is 7.60. The van der Waals surface area contributed by atoms with Crippen molar-refractivity contribution in [3.8, 4) is 5.75 Å². The second-order valence-electron chi connectivity index (χ2n) is 5.18. The van der Waals surface area contributed by atoms with Gasteiger partial charge in [0.2, 0.25) is 0 Å². The minimum Gasteiger partial charge on any atom is -0.489 e. The first-order valence-electron chi connectivity index (χ1n) is 7.19. The molecule has 0 spiro atoms. The highest BCUT2D eigenvalue weighted by Gasteiger charge is 2.02. The Morgan fingerprint density at radius 2 is 1.90 bits per heavy atom. The highest BCUT2D eigenvalue weighted by Crippen LogP contribution is 2.20. The van der Waals surface area contributed by atoms with E-state index in [9.17, 15) is 0 Å². The summed E-state index contributed by atoms with van der Waals surface area (Å²) in [6.45, 7) is 2.71. The highest BCUT2D eigenvalue weighted by molar-refractivity contribution is 7.80. The quantitative estimate of drug-likeness (QED) is 0.779. The summed E-state index contributed by atoms with van der Waals surface area (Å²) in [5.74, 6) is 0.912. The molecule has 0 amide bonds. The molecule has 0 unspecified atom stereocenters.